The summed E-state index contributed by atoms with van der Waals surface area (Å²) in [6.07, 6.45) is 3.15. The molecule has 3 nitrogen and oxygen atoms in total. The van der Waals surface area contributed by atoms with E-state index in [4.69, 9.17) is 0 Å². The number of benzene rings is 2. The number of hydrogen-bond acceptors (Lipinski definition) is 2. The van der Waals surface area contributed by atoms with Gasteiger partial charge in [-0.25, -0.2) is 0 Å². The molecule has 1 amide bonds. The maximum Gasteiger partial charge on any atom is 0.254 e. The standard InChI is InChI=1S/C21H26N2O/c1-22(2)16-18-10-12-19(13-11-18)21(24)23-14-6-9-20(23)15-17-7-4-3-5-8-17/h3-5,7-8,10-13,20H,6,9,14-16H2,1-2H3/t20-/m1/s1. The number of carbonyl (C=O) groups is 1. The summed E-state index contributed by atoms with van der Waals surface area (Å²) >= 11 is 0. The Labute approximate surface area is 144 Å². The van der Waals surface area contributed by atoms with Crippen LogP contribution in [-0.4, -0.2) is 42.4 Å². The number of carbonyl (C=O) groups excluding carboxylic acids is 1. The lowest BCUT2D eigenvalue weighted by atomic mass is 10.0. The minimum atomic E-state index is 0.171. The van der Waals surface area contributed by atoms with Gasteiger partial charge in [-0.3, -0.25) is 4.79 Å². The summed E-state index contributed by atoms with van der Waals surface area (Å²) in [5, 5.41) is 0. The Balaban J connectivity index is 1.69. The van der Waals surface area contributed by atoms with Crippen LogP contribution in [0.2, 0.25) is 0 Å². The van der Waals surface area contributed by atoms with Crippen LogP contribution in [0.15, 0.2) is 54.6 Å². The van der Waals surface area contributed by atoms with Crippen LogP contribution >= 0.6 is 0 Å². The van der Waals surface area contributed by atoms with E-state index in [2.05, 4.69) is 60.3 Å². The predicted octanol–water partition coefficient (Wildman–Crippen LogP) is 3.60. The predicted molar refractivity (Wildman–Crippen MR) is 98.0 cm³/mol. The monoisotopic (exact) mass is 322 g/mol. The summed E-state index contributed by atoms with van der Waals surface area (Å²) < 4.78 is 0. The Morgan fingerprint density at radius 1 is 1.04 bits per heavy atom. The summed E-state index contributed by atoms with van der Waals surface area (Å²) in [4.78, 5) is 17.1. The molecule has 1 heterocycles. The Bertz CT molecular complexity index is 664. The molecule has 3 rings (SSSR count). The first-order chi connectivity index (χ1) is 11.6. The van der Waals surface area contributed by atoms with Gasteiger partial charge in [0.15, 0.2) is 0 Å². The van der Waals surface area contributed by atoms with E-state index < -0.39 is 0 Å². The molecular formula is C21H26N2O. The Hall–Kier alpha value is -2.13. The largest absolute Gasteiger partial charge is 0.335 e. The molecule has 2 aromatic rings. The van der Waals surface area contributed by atoms with Crippen LogP contribution in [0.1, 0.15) is 34.3 Å². The molecule has 0 bridgehead atoms. The molecule has 0 radical (unpaired) electrons. The second-order valence-electron chi connectivity index (χ2n) is 6.92. The van der Waals surface area contributed by atoms with Gasteiger partial charge in [-0.1, -0.05) is 42.5 Å². The number of likely N-dealkylation sites (tertiary alicyclic amines) is 1. The highest BCUT2D eigenvalue weighted by Crippen LogP contribution is 2.23. The van der Waals surface area contributed by atoms with E-state index in [-0.39, 0.29) is 5.91 Å². The summed E-state index contributed by atoms with van der Waals surface area (Å²) in [6.45, 7) is 1.77. The maximum absolute atomic E-state index is 12.9. The van der Waals surface area contributed by atoms with Crippen LogP contribution < -0.4 is 0 Å². The quantitative estimate of drug-likeness (QED) is 0.840. The molecule has 24 heavy (non-hydrogen) atoms. The fraction of sp³-hybridized carbons (Fsp3) is 0.381. The van der Waals surface area contributed by atoms with Gasteiger partial charge < -0.3 is 9.80 Å². The fourth-order valence-corrected chi connectivity index (χ4v) is 3.49. The molecule has 1 saturated heterocycles. The first kappa shape index (κ1) is 16.7. The molecule has 0 saturated carbocycles. The highest BCUT2D eigenvalue weighted by atomic mass is 16.2. The normalized spacial score (nSPS) is 17.5. The second-order valence-corrected chi connectivity index (χ2v) is 6.92. The lowest BCUT2D eigenvalue weighted by molar-refractivity contribution is 0.0736. The van der Waals surface area contributed by atoms with Gasteiger partial charge in [-0.05, 0) is 56.6 Å². The zero-order valence-corrected chi connectivity index (χ0v) is 14.6. The average molecular weight is 322 g/mol. The molecular weight excluding hydrogens is 296 g/mol. The van der Waals surface area contributed by atoms with Crippen molar-refractivity contribution in [3.63, 3.8) is 0 Å². The third-order valence-electron chi connectivity index (χ3n) is 4.65. The van der Waals surface area contributed by atoms with E-state index in [1.165, 1.54) is 11.1 Å². The molecule has 1 fully saturated rings. The van der Waals surface area contributed by atoms with Crippen molar-refractivity contribution in [1.82, 2.24) is 9.80 Å². The van der Waals surface area contributed by atoms with Crippen LogP contribution in [0.5, 0.6) is 0 Å². The van der Waals surface area contributed by atoms with E-state index in [1.807, 2.05) is 18.2 Å². The number of amides is 1. The minimum Gasteiger partial charge on any atom is -0.335 e. The Kier molecular flexibility index (Phi) is 5.31. The first-order valence-corrected chi connectivity index (χ1v) is 8.72. The molecule has 0 unspecified atom stereocenters. The average Bonchev–Trinajstić information content (AvgIpc) is 3.03. The van der Waals surface area contributed by atoms with Crippen molar-refractivity contribution in [2.75, 3.05) is 20.6 Å². The van der Waals surface area contributed by atoms with Crippen LogP contribution in [-0.2, 0) is 13.0 Å². The van der Waals surface area contributed by atoms with Gasteiger partial charge in [-0.2, -0.15) is 0 Å². The van der Waals surface area contributed by atoms with Crippen LogP contribution in [0, 0.1) is 0 Å². The van der Waals surface area contributed by atoms with Gasteiger partial charge in [0.1, 0.15) is 0 Å². The van der Waals surface area contributed by atoms with Crippen molar-refractivity contribution in [2.45, 2.75) is 31.8 Å². The topological polar surface area (TPSA) is 23.6 Å². The smallest absolute Gasteiger partial charge is 0.254 e. The third kappa shape index (κ3) is 4.04. The molecule has 1 aliphatic heterocycles. The summed E-state index contributed by atoms with van der Waals surface area (Å²) in [7, 11) is 4.11. The van der Waals surface area contributed by atoms with Gasteiger partial charge >= 0.3 is 0 Å². The van der Waals surface area contributed by atoms with Crippen molar-refractivity contribution in [2.24, 2.45) is 0 Å². The molecule has 3 heteroatoms. The maximum atomic E-state index is 12.9. The van der Waals surface area contributed by atoms with Gasteiger partial charge in [-0.15, -0.1) is 0 Å². The summed E-state index contributed by atoms with van der Waals surface area (Å²) in [5.74, 6) is 0.171. The molecule has 1 atom stereocenters. The number of rotatable bonds is 5. The lowest BCUT2D eigenvalue weighted by Gasteiger charge is -2.25. The van der Waals surface area contributed by atoms with E-state index in [0.717, 1.165) is 37.9 Å². The van der Waals surface area contributed by atoms with E-state index in [0.29, 0.717) is 6.04 Å². The highest BCUT2D eigenvalue weighted by molar-refractivity contribution is 5.94. The number of nitrogens with zero attached hydrogens (tertiary/aromatic N) is 2. The SMILES string of the molecule is CN(C)Cc1ccc(C(=O)N2CCC[C@@H]2Cc2ccccc2)cc1. The van der Waals surface area contributed by atoms with E-state index >= 15 is 0 Å². The molecule has 0 N–H and O–H groups in total. The highest BCUT2D eigenvalue weighted by Gasteiger charge is 2.29. The van der Waals surface area contributed by atoms with Crippen molar-refractivity contribution in [3.05, 3.63) is 71.3 Å². The van der Waals surface area contributed by atoms with E-state index in [1.54, 1.807) is 0 Å². The van der Waals surface area contributed by atoms with Crippen LogP contribution in [0.4, 0.5) is 0 Å². The summed E-state index contributed by atoms with van der Waals surface area (Å²) in [5.41, 5.74) is 3.35. The van der Waals surface area contributed by atoms with Crippen molar-refractivity contribution < 1.29 is 4.79 Å². The minimum absolute atomic E-state index is 0.171. The molecule has 2 aromatic carbocycles. The van der Waals surface area contributed by atoms with E-state index in [9.17, 15) is 4.79 Å². The van der Waals surface area contributed by atoms with Gasteiger partial charge in [0, 0.05) is 24.7 Å². The first-order valence-electron chi connectivity index (χ1n) is 8.72. The molecule has 0 aliphatic carbocycles. The van der Waals surface area contributed by atoms with Crippen molar-refractivity contribution in [1.29, 1.82) is 0 Å². The van der Waals surface area contributed by atoms with Crippen molar-refractivity contribution >= 4 is 5.91 Å². The molecule has 0 spiro atoms. The third-order valence-corrected chi connectivity index (χ3v) is 4.65. The molecule has 126 valence electrons. The Morgan fingerprint density at radius 2 is 1.75 bits per heavy atom. The van der Waals surface area contributed by atoms with Crippen LogP contribution in [0.3, 0.4) is 0 Å². The van der Waals surface area contributed by atoms with Crippen molar-refractivity contribution in [3.8, 4) is 0 Å². The van der Waals surface area contributed by atoms with Gasteiger partial charge in [0.25, 0.3) is 5.91 Å². The lowest BCUT2D eigenvalue weighted by Crippen LogP contribution is -2.36. The molecule has 0 aromatic heterocycles. The Morgan fingerprint density at radius 3 is 2.42 bits per heavy atom. The zero-order valence-electron chi connectivity index (χ0n) is 14.6. The van der Waals surface area contributed by atoms with Gasteiger partial charge in [0.2, 0.25) is 0 Å². The summed E-state index contributed by atoms with van der Waals surface area (Å²) in [6, 6.07) is 18.9. The van der Waals surface area contributed by atoms with Gasteiger partial charge in [0.05, 0.1) is 0 Å². The number of hydrogen-bond donors (Lipinski definition) is 0. The fourth-order valence-electron chi connectivity index (χ4n) is 3.49. The second kappa shape index (κ2) is 7.63. The van der Waals surface area contributed by atoms with Crippen LogP contribution in [0.25, 0.3) is 0 Å². The zero-order chi connectivity index (χ0) is 16.9. The molecule has 1 aliphatic rings.